The molecule has 3 heteroatoms. The van der Waals surface area contributed by atoms with Gasteiger partial charge >= 0.3 is 0 Å². The summed E-state index contributed by atoms with van der Waals surface area (Å²) in [5.41, 5.74) is 1.39. The minimum atomic E-state index is 0.645. The van der Waals surface area contributed by atoms with Gasteiger partial charge in [-0.25, -0.2) is 4.98 Å². The lowest BCUT2D eigenvalue weighted by Crippen LogP contribution is -2.18. The van der Waals surface area contributed by atoms with E-state index in [1.54, 1.807) is 0 Å². The fourth-order valence-electron chi connectivity index (χ4n) is 2.22. The highest BCUT2D eigenvalue weighted by molar-refractivity contribution is 5.11. The van der Waals surface area contributed by atoms with Crippen LogP contribution in [0.2, 0.25) is 0 Å². The quantitative estimate of drug-likeness (QED) is 0.789. The van der Waals surface area contributed by atoms with E-state index in [2.05, 4.69) is 28.0 Å². The summed E-state index contributed by atoms with van der Waals surface area (Å²) in [5, 5.41) is 3.18. The lowest BCUT2D eigenvalue weighted by molar-refractivity contribution is 0.453. The first-order chi connectivity index (χ1) is 6.83. The van der Waals surface area contributed by atoms with Gasteiger partial charge in [-0.15, -0.1) is 0 Å². The minimum absolute atomic E-state index is 0.645. The molecule has 1 aromatic heterocycles. The van der Waals surface area contributed by atoms with E-state index in [0.717, 1.165) is 13.0 Å². The van der Waals surface area contributed by atoms with Gasteiger partial charge in [0.05, 0.1) is 0 Å². The number of fused-ring (bicyclic) bond motifs is 1. The first kappa shape index (κ1) is 9.71. The molecule has 78 valence electrons. The summed E-state index contributed by atoms with van der Waals surface area (Å²) in [6.45, 7) is 4.48. The molecule has 0 saturated carbocycles. The van der Waals surface area contributed by atoms with Gasteiger partial charge in [0, 0.05) is 37.3 Å². The van der Waals surface area contributed by atoms with Crippen molar-refractivity contribution in [2.75, 3.05) is 13.6 Å². The summed E-state index contributed by atoms with van der Waals surface area (Å²) in [5.74, 6) is 1.94. The highest BCUT2D eigenvalue weighted by Crippen LogP contribution is 2.26. The molecule has 1 aliphatic rings. The standard InChI is InChI=1S/C11H19N3/c1-9-4-3-7-14-10(5-6-12-2)8-13-11(9)14/h8-9,12H,3-7H2,1-2H3. The van der Waals surface area contributed by atoms with Crippen molar-refractivity contribution in [2.45, 2.75) is 38.6 Å². The van der Waals surface area contributed by atoms with E-state index >= 15 is 0 Å². The first-order valence-electron chi connectivity index (χ1n) is 5.52. The Morgan fingerprint density at radius 3 is 3.29 bits per heavy atom. The van der Waals surface area contributed by atoms with Crippen LogP contribution in [0.3, 0.4) is 0 Å². The summed E-state index contributed by atoms with van der Waals surface area (Å²) in [6.07, 6.45) is 5.74. The zero-order chi connectivity index (χ0) is 9.97. The van der Waals surface area contributed by atoms with Crippen LogP contribution in [0.25, 0.3) is 0 Å². The maximum absolute atomic E-state index is 4.53. The second-order valence-corrected chi connectivity index (χ2v) is 4.16. The molecule has 3 nitrogen and oxygen atoms in total. The van der Waals surface area contributed by atoms with Gasteiger partial charge < -0.3 is 9.88 Å². The Labute approximate surface area is 85.5 Å². The minimum Gasteiger partial charge on any atom is -0.332 e. The van der Waals surface area contributed by atoms with Crippen LogP contribution < -0.4 is 5.32 Å². The summed E-state index contributed by atoms with van der Waals surface area (Å²) >= 11 is 0. The molecule has 1 N–H and O–H groups in total. The molecular formula is C11H19N3. The molecule has 1 aliphatic heterocycles. The van der Waals surface area contributed by atoms with E-state index in [1.807, 2.05) is 7.05 Å². The number of hydrogen-bond donors (Lipinski definition) is 1. The van der Waals surface area contributed by atoms with Gasteiger partial charge in [-0.05, 0) is 19.9 Å². The van der Waals surface area contributed by atoms with Crippen LogP contribution >= 0.6 is 0 Å². The van der Waals surface area contributed by atoms with Crippen LogP contribution in [0, 0.1) is 0 Å². The van der Waals surface area contributed by atoms with Crippen LogP contribution in [0.15, 0.2) is 6.20 Å². The van der Waals surface area contributed by atoms with Crippen LogP contribution in [0.5, 0.6) is 0 Å². The van der Waals surface area contributed by atoms with E-state index < -0.39 is 0 Å². The second-order valence-electron chi connectivity index (χ2n) is 4.16. The van der Waals surface area contributed by atoms with E-state index in [4.69, 9.17) is 0 Å². The Morgan fingerprint density at radius 2 is 2.50 bits per heavy atom. The number of imidazole rings is 1. The topological polar surface area (TPSA) is 29.9 Å². The van der Waals surface area contributed by atoms with Gasteiger partial charge in [-0.1, -0.05) is 6.92 Å². The fraction of sp³-hybridized carbons (Fsp3) is 0.727. The van der Waals surface area contributed by atoms with Gasteiger partial charge in [0.1, 0.15) is 5.82 Å². The highest BCUT2D eigenvalue weighted by atomic mass is 15.1. The molecular weight excluding hydrogens is 174 g/mol. The summed E-state index contributed by atoms with van der Waals surface area (Å²) in [4.78, 5) is 4.53. The Kier molecular flexibility index (Phi) is 2.87. The first-order valence-corrected chi connectivity index (χ1v) is 5.52. The molecule has 0 amide bonds. The van der Waals surface area contributed by atoms with Crippen molar-refractivity contribution < 1.29 is 0 Å². The normalized spacial score (nSPS) is 20.9. The maximum atomic E-state index is 4.53. The monoisotopic (exact) mass is 193 g/mol. The number of likely N-dealkylation sites (N-methyl/N-ethyl adjacent to an activating group) is 1. The van der Waals surface area contributed by atoms with Crippen LogP contribution in [0.4, 0.5) is 0 Å². The molecule has 0 fully saturated rings. The van der Waals surface area contributed by atoms with Gasteiger partial charge in [-0.2, -0.15) is 0 Å². The van der Waals surface area contributed by atoms with E-state index in [-0.39, 0.29) is 0 Å². The van der Waals surface area contributed by atoms with E-state index in [9.17, 15) is 0 Å². The van der Waals surface area contributed by atoms with Crippen LogP contribution in [-0.4, -0.2) is 23.1 Å². The van der Waals surface area contributed by atoms with Crippen LogP contribution in [0.1, 0.15) is 37.2 Å². The third-order valence-electron chi connectivity index (χ3n) is 3.06. The van der Waals surface area contributed by atoms with Crippen molar-refractivity contribution in [1.29, 1.82) is 0 Å². The third-order valence-corrected chi connectivity index (χ3v) is 3.06. The molecule has 0 aliphatic carbocycles. The predicted molar refractivity (Wildman–Crippen MR) is 57.5 cm³/mol. The largest absolute Gasteiger partial charge is 0.332 e. The average Bonchev–Trinajstić information content (AvgIpc) is 2.60. The summed E-state index contributed by atoms with van der Waals surface area (Å²) < 4.78 is 2.41. The maximum Gasteiger partial charge on any atom is 0.111 e. The molecule has 0 radical (unpaired) electrons. The Morgan fingerprint density at radius 1 is 1.64 bits per heavy atom. The van der Waals surface area contributed by atoms with Gasteiger partial charge in [-0.3, -0.25) is 0 Å². The smallest absolute Gasteiger partial charge is 0.111 e. The zero-order valence-corrected chi connectivity index (χ0v) is 9.08. The molecule has 1 atom stereocenters. The molecule has 1 unspecified atom stereocenters. The molecule has 0 bridgehead atoms. The third kappa shape index (κ3) is 1.69. The van der Waals surface area contributed by atoms with Gasteiger partial charge in [0.15, 0.2) is 0 Å². The van der Waals surface area contributed by atoms with Gasteiger partial charge in [0.2, 0.25) is 0 Å². The zero-order valence-electron chi connectivity index (χ0n) is 9.08. The Bertz CT molecular complexity index is 303. The van der Waals surface area contributed by atoms with Crippen molar-refractivity contribution in [3.05, 3.63) is 17.7 Å². The van der Waals surface area contributed by atoms with E-state index in [0.29, 0.717) is 5.92 Å². The predicted octanol–water partition coefficient (Wildman–Crippen LogP) is 1.54. The molecule has 2 heterocycles. The molecule has 0 aromatic carbocycles. The van der Waals surface area contributed by atoms with Crippen molar-refractivity contribution in [3.8, 4) is 0 Å². The SMILES string of the molecule is CNCCc1cnc2n1CCCC2C. The van der Waals surface area contributed by atoms with Crippen molar-refractivity contribution >= 4 is 0 Å². The molecule has 0 spiro atoms. The molecule has 1 aromatic rings. The number of hydrogen-bond acceptors (Lipinski definition) is 2. The van der Waals surface area contributed by atoms with Crippen molar-refractivity contribution in [2.24, 2.45) is 0 Å². The number of aromatic nitrogens is 2. The van der Waals surface area contributed by atoms with Gasteiger partial charge in [0.25, 0.3) is 0 Å². The number of nitrogens with one attached hydrogen (secondary N) is 1. The fourth-order valence-corrected chi connectivity index (χ4v) is 2.22. The lowest BCUT2D eigenvalue weighted by atomic mass is 10.0. The summed E-state index contributed by atoms with van der Waals surface area (Å²) in [6, 6.07) is 0. The Balaban J connectivity index is 2.18. The van der Waals surface area contributed by atoms with Crippen LogP contribution in [-0.2, 0) is 13.0 Å². The highest BCUT2D eigenvalue weighted by Gasteiger charge is 2.19. The lowest BCUT2D eigenvalue weighted by Gasteiger charge is -2.21. The Hall–Kier alpha value is -0.830. The second kappa shape index (κ2) is 4.13. The van der Waals surface area contributed by atoms with Crippen molar-refractivity contribution in [1.82, 2.24) is 14.9 Å². The molecule has 2 rings (SSSR count). The molecule has 14 heavy (non-hydrogen) atoms. The van der Waals surface area contributed by atoms with Crippen molar-refractivity contribution in [3.63, 3.8) is 0 Å². The average molecular weight is 193 g/mol. The summed E-state index contributed by atoms with van der Waals surface area (Å²) in [7, 11) is 2.00. The number of nitrogens with zero attached hydrogens (tertiary/aromatic N) is 2. The molecule has 0 saturated heterocycles. The van der Waals surface area contributed by atoms with E-state index in [1.165, 1.54) is 30.9 Å². The number of rotatable bonds is 3.